The van der Waals surface area contributed by atoms with E-state index in [9.17, 15) is 4.39 Å². The molecule has 5 rings (SSSR count). The number of nitrogens with zero attached hydrogens (tertiary/aromatic N) is 2. The summed E-state index contributed by atoms with van der Waals surface area (Å²) in [5, 5.41) is 3.97. The molecule has 2 fully saturated rings. The van der Waals surface area contributed by atoms with Gasteiger partial charge in [-0.15, -0.1) is 0 Å². The maximum atomic E-state index is 14.4. The van der Waals surface area contributed by atoms with E-state index < -0.39 is 12.1 Å². The largest absolute Gasteiger partial charge is 0.493 e. The van der Waals surface area contributed by atoms with Gasteiger partial charge in [-0.05, 0) is 34.1 Å². The monoisotopic (exact) mass is 539 g/mol. The minimum atomic E-state index is -0.511. The van der Waals surface area contributed by atoms with E-state index in [1.807, 2.05) is 0 Å². The lowest BCUT2D eigenvalue weighted by Gasteiger charge is -2.19. The number of methoxy groups -OCH3 is 2. The minimum absolute atomic E-state index is 0.0721. The summed E-state index contributed by atoms with van der Waals surface area (Å²) in [6.07, 6.45) is 1.09. The molecule has 0 amide bonds. The van der Waals surface area contributed by atoms with E-state index in [2.05, 4.69) is 31.2 Å². The second kappa shape index (κ2) is 9.19. The minimum Gasteiger partial charge on any atom is -0.493 e. The molecule has 0 radical (unpaired) electrons. The molecule has 0 spiro atoms. The molecular formula is C22H20BrClFN3O5. The van der Waals surface area contributed by atoms with E-state index in [4.69, 9.17) is 35.3 Å². The smallest absolute Gasteiger partial charge is 0.203 e. The molecule has 1 aromatic heterocycles. The second-order valence-corrected chi connectivity index (χ2v) is 8.90. The van der Waals surface area contributed by atoms with E-state index in [0.29, 0.717) is 50.7 Å². The van der Waals surface area contributed by atoms with E-state index >= 15 is 0 Å². The number of hydrogen-bond donors (Lipinski definition) is 1. The van der Waals surface area contributed by atoms with Gasteiger partial charge in [0.05, 0.1) is 36.0 Å². The summed E-state index contributed by atoms with van der Waals surface area (Å²) in [7, 11) is 3.17. The van der Waals surface area contributed by atoms with Gasteiger partial charge in [-0.1, -0.05) is 11.6 Å². The molecule has 3 heterocycles. The Kier molecular flexibility index (Phi) is 6.28. The third-order valence-corrected chi connectivity index (χ3v) is 6.88. The van der Waals surface area contributed by atoms with Crippen LogP contribution in [0.2, 0.25) is 5.02 Å². The Bertz CT molecular complexity index is 1200. The lowest BCUT2D eigenvalue weighted by molar-refractivity contribution is -0.108. The van der Waals surface area contributed by atoms with Crippen LogP contribution in [-0.2, 0) is 14.2 Å². The maximum Gasteiger partial charge on any atom is 0.203 e. The molecule has 2 aromatic carbocycles. The number of nitrogens with one attached hydrogen (secondary N) is 1. The Morgan fingerprint density at radius 1 is 1.18 bits per heavy atom. The van der Waals surface area contributed by atoms with Gasteiger partial charge in [0.15, 0.2) is 11.5 Å². The summed E-state index contributed by atoms with van der Waals surface area (Å²) in [5.41, 5.74) is 0.761. The summed E-state index contributed by atoms with van der Waals surface area (Å²) in [6, 6.07) is 6.23. The Morgan fingerprint density at radius 3 is 2.82 bits per heavy atom. The fourth-order valence-electron chi connectivity index (χ4n) is 4.03. The van der Waals surface area contributed by atoms with Gasteiger partial charge in [0, 0.05) is 29.5 Å². The summed E-state index contributed by atoms with van der Waals surface area (Å²) >= 11 is 9.33. The molecule has 11 heteroatoms. The highest BCUT2D eigenvalue weighted by Crippen LogP contribution is 2.39. The first kappa shape index (κ1) is 22.5. The summed E-state index contributed by atoms with van der Waals surface area (Å²) in [5.74, 6) is 0.835. The topological polar surface area (TPSA) is 84.0 Å². The van der Waals surface area contributed by atoms with Crippen molar-refractivity contribution in [3.05, 3.63) is 45.9 Å². The molecule has 0 bridgehead atoms. The van der Waals surface area contributed by atoms with E-state index in [-0.39, 0.29) is 24.0 Å². The summed E-state index contributed by atoms with van der Waals surface area (Å²) < 4.78 is 43.7. The molecular weight excluding hydrogens is 521 g/mol. The van der Waals surface area contributed by atoms with Crippen LogP contribution in [0, 0.1) is 5.82 Å². The lowest BCUT2D eigenvalue weighted by Crippen LogP contribution is -2.30. The lowest BCUT2D eigenvalue weighted by atomic mass is 10.1. The van der Waals surface area contributed by atoms with Crippen molar-refractivity contribution >= 4 is 49.9 Å². The SMILES string of the molecule is COc1cc2c(Nc3cc(Cl)c(Br)cc3F)ncnc2cc1O[C@@H]1C[C@H]2OC[C@H](OC)[C@H]2O1. The van der Waals surface area contributed by atoms with Crippen molar-refractivity contribution in [3.8, 4) is 11.5 Å². The summed E-state index contributed by atoms with van der Waals surface area (Å²) in [4.78, 5) is 8.60. The molecule has 2 aliphatic rings. The van der Waals surface area contributed by atoms with Crippen molar-refractivity contribution in [2.24, 2.45) is 0 Å². The second-order valence-electron chi connectivity index (χ2n) is 7.64. The number of anilines is 2. The molecule has 2 aliphatic heterocycles. The van der Waals surface area contributed by atoms with E-state index in [1.54, 1.807) is 19.2 Å². The third kappa shape index (κ3) is 4.33. The van der Waals surface area contributed by atoms with Crippen LogP contribution in [0.5, 0.6) is 11.5 Å². The molecule has 0 saturated carbocycles. The zero-order chi connectivity index (χ0) is 23.1. The van der Waals surface area contributed by atoms with Crippen LogP contribution in [0.3, 0.4) is 0 Å². The first-order valence-electron chi connectivity index (χ1n) is 10.2. The normalized spacial score (nSPS) is 24.2. The molecule has 33 heavy (non-hydrogen) atoms. The van der Waals surface area contributed by atoms with Gasteiger partial charge in [0.2, 0.25) is 6.29 Å². The van der Waals surface area contributed by atoms with Gasteiger partial charge in [-0.2, -0.15) is 0 Å². The van der Waals surface area contributed by atoms with Gasteiger partial charge in [-0.3, -0.25) is 0 Å². The van der Waals surface area contributed by atoms with Crippen molar-refractivity contribution in [1.82, 2.24) is 9.97 Å². The van der Waals surface area contributed by atoms with Crippen LogP contribution in [0.25, 0.3) is 10.9 Å². The summed E-state index contributed by atoms with van der Waals surface area (Å²) in [6.45, 7) is 0.509. The van der Waals surface area contributed by atoms with Crippen LogP contribution in [0.15, 0.2) is 35.1 Å². The standard InChI is InChI=1S/C22H20BrClFN3O5/c1-29-16-3-10-14(6-17(16)32-20-7-18-21(33-20)19(30-2)8-31-18)26-9-27-22(10)28-15-5-12(24)11(23)4-13(15)25/h3-6,9,18-21H,7-8H2,1-2H3,(H,26,27,28)/t18-,19+,20+,21+/m1/s1. The van der Waals surface area contributed by atoms with Gasteiger partial charge in [-0.25, -0.2) is 14.4 Å². The predicted octanol–water partition coefficient (Wildman–Crippen LogP) is 4.84. The highest BCUT2D eigenvalue weighted by atomic mass is 79.9. The average Bonchev–Trinajstić information content (AvgIpc) is 3.37. The van der Waals surface area contributed by atoms with Crippen molar-refractivity contribution in [2.75, 3.05) is 26.1 Å². The van der Waals surface area contributed by atoms with E-state index in [0.717, 1.165) is 0 Å². The van der Waals surface area contributed by atoms with Crippen LogP contribution in [0.4, 0.5) is 15.9 Å². The van der Waals surface area contributed by atoms with Crippen molar-refractivity contribution in [3.63, 3.8) is 0 Å². The Balaban J connectivity index is 1.43. The van der Waals surface area contributed by atoms with E-state index in [1.165, 1.54) is 25.6 Å². The molecule has 8 nitrogen and oxygen atoms in total. The fraction of sp³-hybridized carbons (Fsp3) is 0.364. The van der Waals surface area contributed by atoms with Crippen molar-refractivity contribution in [1.29, 1.82) is 0 Å². The zero-order valence-electron chi connectivity index (χ0n) is 17.7. The number of hydrogen-bond acceptors (Lipinski definition) is 8. The van der Waals surface area contributed by atoms with Gasteiger partial charge in [0.1, 0.15) is 30.2 Å². The Morgan fingerprint density at radius 2 is 2.03 bits per heavy atom. The van der Waals surface area contributed by atoms with Gasteiger partial charge in [0.25, 0.3) is 0 Å². The zero-order valence-corrected chi connectivity index (χ0v) is 20.0. The van der Waals surface area contributed by atoms with Crippen molar-refractivity contribution < 1.29 is 28.1 Å². The van der Waals surface area contributed by atoms with Crippen LogP contribution in [-0.4, -0.2) is 55.4 Å². The third-order valence-electron chi connectivity index (χ3n) is 5.69. The van der Waals surface area contributed by atoms with Gasteiger partial charge < -0.3 is 29.0 Å². The number of ether oxygens (including phenoxy) is 5. The highest BCUT2D eigenvalue weighted by Gasteiger charge is 2.47. The number of rotatable bonds is 6. The van der Waals surface area contributed by atoms with Crippen LogP contribution < -0.4 is 14.8 Å². The average molecular weight is 541 g/mol. The number of halogens is 3. The number of fused-ring (bicyclic) bond motifs is 2. The molecule has 0 aliphatic carbocycles. The quantitative estimate of drug-likeness (QED) is 0.445. The Labute approximate surface area is 202 Å². The molecule has 3 aromatic rings. The molecule has 2 saturated heterocycles. The predicted molar refractivity (Wildman–Crippen MR) is 123 cm³/mol. The highest BCUT2D eigenvalue weighted by molar-refractivity contribution is 9.10. The van der Waals surface area contributed by atoms with Crippen molar-refractivity contribution in [2.45, 2.75) is 31.0 Å². The fourth-order valence-corrected chi connectivity index (χ4v) is 4.51. The molecule has 4 atom stereocenters. The number of aromatic nitrogens is 2. The molecule has 174 valence electrons. The first-order valence-corrected chi connectivity index (χ1v) is 11.3. The van der Waals surface area contributed by atoms with Gasteiger partial charge >= 0.3 is 0 Å². The van der Waals surface area contributed by atoms with Crippen LogP contribution >= 0.6 is 27.5 Å². The Hall–Kier alpha value is -2.24. The molecule has 0 unspecified atom stereocenters. The molecule has 1 N–H and O–H groups in total. The maximum absolute atomic E-state index is 14.4. The van der Waals surface area contributed by atoms with Crippen LogP contribution in [0.1, 0.15) is 6.42 Å². The number of benzene rings is 2. The first-order chi connectivity index (χ1) is 16.0.